The second-order valence-corrected chi connectivity index (χ2v) is 36.0. The first-order valence-corrected chi connectivity index (χ1v) is 47.6. The van der Waals surface area contributed by atoms with Crippen LogP contribution in [0.5, 0.6) is 0 Å². The quantitative estimate of drug-likeness (QED) is 0.0788. The van der Waals surface area contributed by atoms with Crippen LogP contribution in [-0.4, -0.2) is 34.5 Å². The van der Waals surface area contributed by atoms with Crippen molar-refractivity contribution in [2.24, 2.45) is 0 Å². The van der Waals surface area contributed by atoms with Gasteiger partial charge in [0.25, 0.3) is 0 Å². The van der Waals surface area contributed by atoms with Crippen molar-refractivity contribution in [3.8, 4) is 208 Å². The summed E-state index contributed by atoms with van der Waals surface area (Å²) in [4.78, 5) is 30.2. The third kappa shape index (κ3) is 15.8. The fourth-order valence-electron chi connectivity index (χ4n) is 20.2. The Morgan fingerprint density at radius 3 is 0.631 bits per heavy atom. The first kappa shape index (κ1) is 82.7. The molecule has 0 aliphatic rings. The highest BCUT2D eigenvalue weighted by molar-refractivity contribution is 6.15. The predicted molar refractivity (Wildman–Crippen MR) is 580 cm³/mol. The summed E-state index contributed by atoms with van der Waals surface area (Å²) >= 11 is 0. The summed E-state index contributed by atoms with van der Waals surface area (Å²) in [7, 11) is 0. The summed E-state index contributed by atoms with van der Waals surface area (Å²) in [6.45, 7) is 0. The average molecular weight is 1800 g/mol. The molecule has 0 aliphatic heterocycles. The fourth-order valence-corrected chi connectivity index (χ4v) is 20.2. The van der Waals surface area contributed by atoms with Gasteiger partial charge in [-0.25, -0.2) is 29.9 Å². The smallest absolute Gasteiger partial charge is 0.164 e. The van der Waals surface area contributed by atoms with Crippen LogP contribution in [0.4, 0.5) is 0 Å². The number of aromatic nitrogens is 7. The maximum atomic E-state index is 6.89. The summed E-state index contributed by atoms with van der Waals surface area (Å²) in [5.74, 6) is 3.73. The zero-order chi connectivity index (χ0) is 93.2. The van der Waals surface area contributed by atoms with Gasteiger partial charge < -0.3 is 13.4 Å². The normalized spacial score (nSPS) is 11.5. The third-order valence-electron chi connectivity index (χ3n) is 27.2. The van der Waals surface area contributed by atoms with Gasteiger partial charge in [0.2, 0.25) is 0 Å². The zero-order valence-electron chi connectivity index (χ0n) is 76.4. The van der Waals surface area contributed by atoms with Crippen LogP contribution in [0.3, 0.4) is 0 Å². The van der Waals surface area contributed by atoms with Gasteiger partial charge in [0.05, 0.1) is 11.0 Å². The lowest BCUT2D eigenvalue weighted by Crippen LogP contribution is -2.00. The molecule has 26 aromatic rings. The monoisotopic (exact) mass is 1800 g/mol. The van der Waals surface area contributed by atoms with Crippen molar-refractivity contribution in [3.05, 3.63) is 504 Å². The van der Waals surface area contributed by atoms with Gasteiger partial charge in [0, 0.05) is 82.5 Å². The molecule has 0 atom stereocenters. The molecule has 0 aliphatic carbocycles. The van der Waals surface area contributed by atoms with Crippen molar-refractivity contribution in [3.63, 3.8) is 0 Å². The molecule has 0 spiro atoms. The molecule has 26 rings (SSSR count). The van der Waals surface area contributed by atoms with E-state index in [0.717, 1.165) is 228 Å². The maximum absolute atomic E-state index is 6.89. The highest BCUT2D eigenvalue weighted by Gasteiger charge is 2.24. The predicted octanol–water partition coefficient (Wildman–Crippen LogP) is 35.0. The van der Waals surface area contributed by atoms with E-state index in [-0.39, 0.29) is 0 Å². The molecule has 141 heavy (non-hydrogen) atoms. The van der Waals surface area contributed by atoms with Crippen LogP contribution in [0.2, 0.25) is 0 Å². The second-order valence-electron chi connectivity index (χ2n) is 36.0. The Balaban J connectivity index is 0.497. The van der Waals surface area contributed by atoms with Crippen LogP contribution < -0.4 is 0 Å². The van der Waals surface area contributed by atoms with E-state index in [0.29, 0.717) is 34.9 Å². The topological polar surface area (TPSA) is 109 Å². The van der Waals surface area contributed by atoms with Gasteiger partial charge in [-0.05, 0) is 256 Å². The van der Waals surface area contributed by atoms with Crippen molar-refractivity contribution in [2.75, 3.05) is 0 Å². The van der Waals surface area contributed by atoms with E-state index in [1.807, 2.05) is 133 Å². The van der Waals surface area contributed by atoms with Gasteiger partial charge >= 0.3 is 0 Å². The lowest BCUT2D eigenvalue weighted by atomic mass is 9.91. The molecule has 9 heteroatoms. The molecule has 658 valence electrons. The van der Waals surface area contributed by atoms with E-state index in [1.165, 1.54) is 10.8 Å². The van der Waals surface area contributed by atoms with Crippen LogP contribution in [0, 0.1) is 0 Å². The van der Waals surface area contributed by atoms with E-state index >= 15 is 0 Å². The van der Waals surface area contributed by atoms with E-state index in [9.17, 15) is 0 Å². The number of hydrogen-bond donors (Lipinski definition) is 0. The molecule has 0 fully saturated rings. The summed E-state index contributed by atoms with van der Waals surface area (Å²) in [6, 6.07) is 179. The Kier molecular flexibility index (Phi) is 20.7. The Morgan fingerprint density at radius 2 is 0.340 bits per heavy atom. The minimum atomic E-state index is 0.611. The molecule has 0 saturated carbocycles. The van der Waals surface area contributed by atoms with Crippen LogP contribution in [0.1, 0.15) is 0 Å². The van der Waals surface area contributed by atoms with E-state index in [4.69, 9.17) is 38.7 Å². The second kappa shape index (κ2) is 35.4. The number of para-hydroxylation sites is 3. The van der Waals surface area contributed by atoms with Crippen molar-refractivity contribution in [1.29, 1.82) is 0 Å². The molecule has 0 amide bonds. The summed E-state index contributed by atoms with van der Waals surface area (Å²) < 4.78 is 16.2. The highest BCUT2D eigenvalue weighted by atomic mass is 16.3. The zero-order valence-corrected chi connectivity index (χ0v) is 76.4. The molecule has 5 aromatic heterocycles. The van der Waals surface area contributed by atoms with Crippen LogP contribution in [0.25, 0.3) is 273 Å². The van der Waals surface area contributed by atoms with Crippen LogP contribution >= 0.6 is 0 Å². The Morgan fingerprint density at radius 1 is 0.135 bits per heavy atom. The highest BCUT2D eigenvalue weighted by Crippen LogP contribution is 2.47. The lowest BCUT2D eigenvalue weighted by molar-refractivity contribution is 0.669. The van der Waals surface area contributed by atoms with E-state index in [1.54, 1.807) is 0 Å². The van der Waals surface area contributed by atoms with Crippen molar-refractivity contribution < 1.29 is 8.83 Å². The van der Waals surface area contributed by atoms with Gasteiger partial charge in [0.1, 0.15) is 22.3 Å². The van der Waals surface area contributed by atoms with Crippen LogP contribution in [-0.2, 0) is 0 Å². The van der Waals surface area contributed by atoms with E-state index < -0.39 is 0 Å². The van der Waals surface area contributed by atoms with Gasteiger partial charge in [-0.15, -0.1) is 0 Å². The van der Waals surface area contributed by atoms with Crippen LogP contribution in [0.15, 0.2) is 512 Å². The number of hydrogen-bond acceptors (Lipinski definition) is 8. The number of rotatable bonds is 19. The lowest BCUT2D eigenvalue weighted by Gasteiger charge is -2.12. The molecule has 0 N–H and O–H groups in total. The van der Waals surface area contributed by atoms with Gasteiger partial charge in [0.15, 0.2) is 34.9 Å². The molecule has 5 heterocycles. The number of benzene rings is 21. The maximum Gasteiger partial charge on any atom is 0.164 e. The number of furan rings is 2. The fraction of sp³-hybridized carbons (Fsp3) is 0. The summed E-state index contributed by atoms with van der Waals surface area (Å²) in [6.07, 6.45) is 0. The Hall–Kier alpha value is -19.0. The third-order valence-corrected chi connectivity index (χ3v) is 27.2. The molecule has 21 aromatic carbocycles. The molecule has 0 bridgehead atoms. The molecule has 0 saturated heterocycles. The average Bonchev–Trinajstić information content (AvgIpc) is 1.59. The van der Waals surface area contributed by atoms with Crippen molar-refractivity contribution >= 4 is 65.7 Å². The van der Waals surface area contributed by atoms with Gasteiger partial charge in [-0.1, -0.05) is 370 Å². The minimum Gasteiger partial charge on any atom is -0.455 e. The van der Waals surface area contributed by atoms with Crippen molar-refractivity contribution in [2.45, 2.75) is 0 Å². The summed E-state index contributed by atoms with van der Waals surface area (Å²) in [5, 5.41) is 6.62. The molecular formula is C132H83N7O2. The first-order chi connectivity index (χ1) is 69.8. The molecule has 0 radical (unpaired) electrons. The standard InChI is InChI=1S/C132H83N7O2/c1-6-30-84(31-7-1)127-133-128(85-32-8-2-9-33-85)136-131(135-127)108-56-28-50-100(76-108)92-42-20-40-90(68-92)98-48-26-54-106(74-98)115-80-110(82-119-113-60-16-18-62-123(113)140-125(115)119)102-52-24-44-94(72-102)88-38-22-46-96(70-88)104-64-66-121-117(78-104)118-79-105(65-67-122(118)139(121)112-58-14-5-15-59-112)97-47-23-39-89(71-97)95-45-25-53-103(73-95)111-81-116(126-120(83-111)114-61-17-19-63-124(114)141-126)107-55-27-49-99(75-107)91-41-21-43-93(69-91)101-51-29-57-109(77-101)132-137-129(86-34-10-3-11-35-86)134-130(138-132)87-36-12-4-13-37-87/h1-83H. The first-order valence-electron chi connectivity index (χ1n) is 47.6. The van der Waals surface area contributed by atoms with Gasteiger partial charge in [-0.3, -0.25) is 0 Å². The van der Waals surface area contributed by atoms with E-state index in [2.05, 4.69) is 375 Å². The molecular weight excluding hydrogens is 1720 g/mol. The molecule has 0 unspecified atom stereocenters. The largest absolute Gasteiger partial charge is 0.455 e. The number of fused-ring (bicyclic) bond motifs is 9. The SMILES string of the molecule is c1ccc(-c2nc(-c3ccccc3)nc(-c3cccc(-c4cccc(-c5cccc(-c6cc(-c7cccc(-c8cccc(-c9ccc%10c(c9)c9cc(-c%11cccc(-c%12cccc(-c%13cc(-c%14cccc(-c%15cccc(-c%16cccc(-c%17nc(-c%18ccccc%18)nc(-c%18ccccc%18)n%17)c%16)c%15)c%14)c%14oc%15ccccc%15c%14c%13)c%12)c%11)ccc9n%10-c9ccccc9)c8)c7)cc7c6oc6ccccc67)c5)c4)c3)n2)cc1. The summed E-state index contributed by atoms with van der Waals surface area (Å²) in [5.41, 5.74) is 38.5. The molecule has 9 nitrogen and oxygen atoms in total. The minimum absolute atomic E-state index is 0.611. The van der Waals surface area contributed by atoms with Gasteiger partial charge in [-0.2, -0.15) is 0 Å². The number of nitrogens with zero attached hydrogens (tertiary/aromatic N) is 7. The Bertz CT molecular complexity index is 8740. The Labute approximate surface area is 814 Å². The van der Waals surface area contributed by atoms with Crippen molar-refractivity contribution in [1.82, 2.24) is 34.5 Å².